The topological polar surface area (TPSA) is 43.6 Å². The quantitative estimate of drug-likeness (QED) is 0.723. The van der Waals surface area contributed by atoms with Gasteiger partial charge in [0.1, 0.15) is 0 Å². The zero-order valence-electron chi connectivity index (χ0n) is 8.52. The average molecular weight is 259 g/mol. The van der Waals surface area contributed by atoms with Gasteiger partial charge in [-0.3, -0.25) is 0 Å². The highest BCUT2D eigenvalue weighted by molar-refractivity contribution is 9.09. The van der Waals surface area contributed by atoms with E-state index in [4.69, 9.17) is 0 Å². The molecule has 0 aromatic carbocycles. The van der Waals surface area contributed by atoms with Gasteiger partial charge in [-0.15, -0.1) is 5.10 Å². The summed E-state index contributed by atoms with van der Waals surface area (Å²) in [5.74, 6) is 2.23. The van der Waals surface area contributed by atoms with Crippen molar-refractivity contribution < 1.29 is 0 Å². The molecule has 3 atom stereocenters. The molecule has 2 rings (SSSR count). The Bertz CT molecular complexity index is 312. The monoisotopic (exact) mass is 258 g/mol. The summed E-state index contributed by atoms with van der Waals surface area (Å²) in [4.78, 5) is 0.625. The summed E-state index contributed by atoms with van der Waals surface area (Å²) in [6.07, 6.45) is 3.67. The van der Waals surface area contributed by atoms with Crippen LogP contribution in [0.3, 0.4) is 0 Å². The summed E-state index contributed by atoms with van der Waals surface area (Å²) in [7, 11) is 1.92. The third kappa shape index (κ3) is 1.82. The van der Waals surface area contributed by atoms with Crippen molar-refractivity contribution in [1.29, 1.82) is 0 Å². The predicted molar refractivity (Wildman–Crippen MR) is 57.3 cm³/mol. The molecule has 4 nitrogen and oxygen atoms in total. The van der Waals surface area contributed by atoms with Crippen LogP contribution in [0.4, 0.5) is 0 Å². The minimum absolute atomic E-state index is 0.508. The van der Waals surface area contributed by atoms with Crippen LogP contribution in [0.2, 0.25) is 0 Å². The second-order valence-electron chi connectivity index (χ2n) is 4.15. The Kier molecular flexibility index (Phi) is 2.85. The van der Waals surface area contributed by atoms with E-state index < -0.39 is 0 Å². The molecule has 0 radical (unpaired) electrons. The van der Waals surface area contributed by atoms with Crippen molar-refractivity contribution in [1.82, 2.24) is 20.2 Å². The summed E-state index contributed by atoms with van der Waals surface area (Å²) < 4.78 is 1.80. The number of rotatable bonds is 1. The van der Waals surface area contributed by atoms with Crippen LogP contribution in [-0.4, -0.2) is 25.0 Å². The van der Waals surface area contributed by atoms with E-state index in [0.717, 1.165) is 12.2 Å². The van der Waals surface area contributed by atoms with E-state index in [1.807, 2.05) is 7.05 Å². The second-order valence-corrected chi connectivity index (χ2v) is 5.45. The maximum absolute atomic E-state index is 4.11. The lowest BCUT2D eigenvalue weighted by Gasteiger charge is -2.30. The van der Waals surface area contributed by atoms with Crippen molar-refractivity contribution in [2.75, 3.05) is 0 Å². The fraction of sp³-hybridized carbons (Fsp3) is 0.889. The van der Waals surface area contributed by atoms with Gasteiger partial charge >= 0.3 is 0 Å². The van der Waals surface area contributed by atoms with Gasteiger partial charge in [-0.1, -0.05) is 22.9 Å². The number of nitrogens with zero attached hydrogens (tertiary/aromatic N) is 4. The van der Waals surface area contributed by atoms with Crippen molar-refractivity contribution >= 4 is 15.9 Å². The Morgan fingerprint density at radius 3 is 2.86 bits per heavy atom. The third-order valence-corrected chi connectivity index (χ3v) is 3.95. The molecule has 0 N–H and O–H groups in total. The Hall–Kier alpha value is -0.450. The zero-order chi connectivity index (χ0) is 10.1. The molecule has 1 saturated carbocycles. The zero-order valence-corrected chi connectivity index (χ0v) is 10.1. The molecule has 1 aromatic heterocycles. The van der Waals surface area contributed by atoms with E-state index >= 15 is 0 Å². The lowest BCUT2D eigenvalue weighted by molar-refractivity contribution is 0.321. The molecule has 0 amide bonds. The minimum atomic E-state index is 0.508. The Labute approximate surface area is 92.2 Å². The van der Waals surface area contributed by atoms with Gasteiger partial charge in [0.2, 0.25) is 0 Å². The maximum atomic E-state index is 4.11. The summed E-state index contributed by atoms with van der Waals surface area (Å²) >= 11 is 3.69. The molecule has 1 heterocycles. The van der Waals surface area contributed by atoms with Crippen molar-refractivity contribution in [2.45, 2.75) is 36.9 Å². The summed E-state index contributed by atoms with van der Waals surface area (Å²) in [5.41, 5.74) is 0. The molecule has 0 aliphatic heterocycles. The van der Waals surface area contributed by atoms with Crippen LogP contribution in [0.1, 0.15) is 37.9 Å². The molecule has 78 valence electrons. The highest BCUT2D eigenvalue weighted by Gasteiger charge is 2.30. The molecule has 0 spiro atoms. The molecule has 1 fully saturated rings. The average Bonchev–Trinajstić information content (AvgIpc) is 2.56. The van der Waals surface area contributed by atoms with E-state index in [-0.39, 0.29) is 0 Å². The van der Waals surface area contributed by atoms with Crippen molar-refractivity contribution in [2.24, 2.45) is 13.0 Å². The number of alkyl halides is 1. The lowest BCUT2D eigenvalue weighted by atomic mass is 9.80. The fourth-order valence-corrected chi connectivity index (χ4v) is 2.85. The molecule has 1 aliphatic rings. The van der Waals surface area contributed by atoms with Gasteiger partial charge in [-0.2, -0.15) is 0 Å². The van der Waals surface area contributed by atoms with Gasteiger partial charge in [0.25, 0.3) is 0 Å². The Balaban J connectivity index is 2.20. The number of aryl methyl sites for hydroxylation is 1. The maximum Gasteiger partial charge on any atom is 0.154 e. The molecular formula is C9H15BrN4. The summed E-state index contributed by atoms with van der Waals surface area (Å²) in [5, 5.41) is 11.7. The molecule has 14 heavy (non-hydrogen) atoms. The normalized spacial score (nSPS) is 33.2. The third-order valence-electron chi connectivity index (χ3n) is 3.12. The summed E-state index contributed by atoms with van der Waals surface area (Å²) in [6, 6.07) is 0. The number of hydrogen-bond donors (Lipinski definition) is 0. The summed E-state index contributed by atoms with van der Waals surface area (Å²) in [6.45, 7) is 2.29. The van der Waals surface area contributed by atoms with Gasteiger partial charge < -0.3 is 0 Å². The minimum Gasteiger partial charge on any atom is -0.232 e. The first-order valence-electron chi connectivity index (χ1n) is 5.04. The number of tetrazole rings is 1. The smallest absolute Gasteiger partial charge is 0.154 e. The molecule has 0 saturated heterocycles. The molecule has 5 heteroatoms. The van der Waals surface area contributed by atoms with Crippen LogP contribution in [-0.2, 0) is 7.05 Å². The highest BCUT2D eigenvalue weighted by Crippen LogP contribution is 2.38. The number of halogens is 1. The first-order chi connectivity index (χ1) is 6.68. The van der Waals surface area contributed by atoms with Crippen LogP contribution in [0.15, 0.2) is 0 Å². The van der Waals surface area contributed by atoms with Crippen molar-refractivity contribution in [3.05, 3.63) is 5.82 Å². The van der Waals surface area contributed by atoms with Gasteiger partial charge in [0.05, 0.1) is 0 Å². The molecule has 0 bridgehead atoms. The van der Waals surface area contributed by atoms with Gasteiger partial charge in [-0.25, -0.2) is 4.68 Å². The fourth-order valence-electron chi connectivity index (χ4n) is 2.18. The number of aromatic nitrogens is 4. The molecule has 1 aliphatic carbocycles. The van der Waals surface area contributed by atoms with Crippen molar-refractivity contribution in [3.63, 3.8) is 0 Å². The van der Waals surface area contributed by atoms with E-state index in [0.29, 0.717) is 16.7 Å². The van der Waals surface area contributed by atoms with Crippen LogP contribution < -0.4 is 0 Å². The van der Waals surface area contributed by atoms with E-state index in [1.165, 1.54) is 12.8 Å². The van der Waals surface area contributed by atoms with Gasteiger partial charge in [-0.05, 0) is 35.6 Å². The highest BCUT2D eigenvalue weighted by atomic mass is 79.9. The molecule has 3 unspecified atom stereocenters. The van der Waals surface area contributed by atoms with Crippen LogP contribution >= 0.6 is 15.9 Å². The van der Waals surface area contributed by atoms with Crippen molar-refractivity contribution in [3.8, 4) is 0 Å². The van der Waals surface area contributed by atoms with Gasteiger partial charge in [0.15, 0.2) is 5.82 Å². The first-order valence-corrected chi connectivity index (χ1v) is 5.96. The Morgan fingerprint density at radius 1 is 1.43 bits per heavy atom. The number of hydrogen-bond acceptors (Lipinski definition) is 3. The van der Waals surface area contributed by atoms with E-state index in [1.54, 1.807) is 4.68 Å². The van der Waals surface area contributed by atoms with E-state index in [9.17, 15) is 0 Å². The van der Waals surface area contributed by atoms with E-state index in [2.05, 4.69) is 38.4 Å². The second kappa shape index (κ2) is 3.96. The molecule has 1 aromatic rings. The predicted octanol–water partition coefficient (Wildman–Crippen LogP) is 1.88. The lowest BCUT2D eigenvalue weighted by Crippen LogP contribution is -2.24. The first kappa shape index (κ1) is 10.1. The van der Waals surface area contributed by atoms with Gasteiger partial charge in [0, 0.05) is 17.8 Å². The Morgan fingerprint density at radius 2 is 2.21 bits per heavy atom. The standard InChI is InChI=1S/C9H15BrN4/c1-6-3-4-7(10)5-8(6)9-11-12-13-14(9)2/h6-8H,3-5H2,1-2H3. The van der Waals surface area contributed by atoms with Crippen LogP contribution in [0.5, 0.6) is 0 Å². The largest absolute Gasteiger partial charge is 0.232 e. The van der Waals surface area contributed by atoms with Crippen LogP contribution in [0, 0.1) is 5.92 Å². The van der Waals surface area contributed by atoms with Crippen LogP contribution in [0.25, 0.3) is 0 Å². The molecular weight excluding hydrogens is 244 g/mol. The SMILES string of the molecule is CC1CCC(Br)CC1c1nnnn1C.